The molecule has 0 atom stereocenters. The number of rotatable bonds is 6. The van der Waals surface area contributed by atoms with Gasteiger partial charge in [-0.1, -0.05) is 11.6 Å². The molecule has 18 heavy (non-hydrogen) atoms. The van der Waals surface area contributed by atoms with Crippen molar-refractivity contribution in [3.63, 3.8) is 0 Å². The van der Waals surface area contributed by atoms with Gasteiger partial charge in [0.15, 0.2) is 5.78 Å². The summed E-state index contributed by atoms with van der Waals surface area (Å²) in [5.74, 6) is 0.0709. The minimum absolute atomic E-state index is 0.0988. The molecule has 0 heterocycles. The van der Waals surface area contributed by atoms with Gasteiger partial charge in [-0.25, -0.2) is 0 Å². The molecule has 98 valence electrons. The first-order valence-corrected chi connectivity index (χ1v) is 5.90. The average Bonchev–Trinajstić information content (AvgIpc) is 2.38. The van der Waals surface area contributed by atoms with Gasteiger partial charge < -0.3 is 9.47 Å². The Labute approximate surface area is 111 Å². The number of halogens is 1. The van der Waals surface area contributed by atoms with Crippen LogP contribution in [-0.2, 0) is 9.53 Å². The monoisotopic (exact) mass is 270 g/mol. The van der Waals surface area contributed by atoms with E-state index in [2.05, 4.69) is 4.74 Å². The largest absolute Gasteiger partial charge is 0.496 e. The molecule has 1 rings (SSSR count). The number of benzene rings is 1. The second kappa shape index (κ2) is 7.01. The minimum Gasteiger partial charge on any atom is -0.496 e. The number of carbonyl (C=O) groups excluding carboxylic acids is 2. The van der Waals surface area contributed by atoms with Gasteiger partial charge in [-0.3, -0.25) is 9.59 Å². The van der Waals surface area contributed by atoms with E-state index in [-0.39, 0.29) is 24.6 Å². The molecule has 0 aromatic heterocycles. The first-order chi connectivity index (χ1) is 8.58. The van der Waals surface area contributed by atoms with Crippen LogP contribution in [0.5, 0.6) is 5.75 Å². The number of ether oxygens (including phenoxy) is 2. The first-order valence-electron chi connectivity index (χ1n) is 5.52. The van der Waals surface area contributed by atoms with E-state index in [9.17, 15) is 9.59 Å². The van der Waals surface area contributed by atoms with E-state index >= 15 is 0 Å². The fraction of sp³-hybridized carbons (Fsp3) is 0.385. The van der Waals surface area contributed by atoms with Crippen molar-refractivity contribution in [1.29, 1.82) is 0 Å². The molecule has 0 aliphatic rings. The molecule has 1 aromatic rings. The van der Waals surface area contributed by atoms with E-state index in [1.165, 1.54) is 14.2 Å². The zero-order valence-corrected chi connectivity index (χ0v) is 11.1. The van der Waals surface area contributed by atoms with Gasteiger partial charge in [-0.05, 0) is 24.6 Å². The molecule has 0 aliphatic heterocycles. The molecule has 0 saturated heterocycles. The SMILES string of the molecule is COC(=O)CCCC(=O)c1cc(Cl)ccc1OC. The molecular formula is C13H15ClO4. The van der Waals surface area contributed by atoms with Crippen LogP contribution in [0.25, 0.3) is 0 Å². The van der Waals surface area contributed by atoms with Crippen molar-refractivity contribution in [2.75, 3.05) is 14.2 Å². The van der Waals surface area contributed by atoms with E-state index in [0.717, 1.165) is 0 Å². The van der Waals surface area contributed by atoms with Gasteiger partial charge in [-0.2, -0.15) is 0 Å². The van der Waals surface area contributed by atoms with E-state index in [1.807, 2.05) is 0 Å². The number of Topliss-reactive ketones (excluding diaryl/α,β-unsaturated/α-hetero) is 1. The lowest BCUT2D eigenvalue weighted by Crippen LogP contribution is -2.05. The van der Waals surface area contributed by atoms with Crippen LogP contribution in [0.1, 0.15) is 29.6 Å². The second-order valence-corrected chi connectivity index (χ2v) is 4.13. The van der Waals surface area contributed by atoms with E-state index < -0.39 is 0 Å². The highest BCUT2D eigenvalue weighted by atomic mass is 35.5. The van der Waals surface area contributed by atoms with Gasteiger partial charge in [0.1, 0.15) is 5.75 Å². The molecule has 0 saturated carbocycles. The van der Waals surface area contributed by atoms with Crippen molar-refractivity contribution in [1.82, 2.24) is 0 Å². The molecule has 0 bridgehead atoms. The van der Waals surface area contributed by atoms with Crippen molar-refractivity contribution in [2.45, 2.75) is 19.3 Å². The van der Waals surface area contributed by atoms with Gasteiger partial charge in [0.2, 0.25) is 0 Å². The number of hydrogen-bond acceptors (Lipinski definition) is 4. The van der Waals surface area contributed by atoms with Crippen molar-refractivity contribution in [3.05, 3.63) is 28.8 Å². The molecular weight excluding hydrogens is 256 g/mol. The second-order valence-electron chi connectivity index (χ2n) is 3.70. The Morgan fingerprint density at radius 3 is 2.56 bits per heavy atom. The number of ketones is 1. The zero-order valence-electron chi connectivity index (χ0n) is 10.4. The summed E-state index contributed by atoms with van der Waals surface area (Å²) in [7, 11) is 2.82. The maximum Gasteiger partial charge on any atom is 0.305 e. The summed E-state index contributed by atoms with van der Waals surface area (Å²) >= 11 is 5.84. The summed E-state index contributed by atoms with van der Waals surface area (Å²) in [5.41, 5.74) is 0.440. The van der Waals surface area contributed by atoms with Crippen LogP contribution in [0, 0.1) is 0 Å². The third-order valence-corrected chi connectivity index (χ3v) is 2.71. The topological polar surface area (TPSA) is 52.6 Å². The summed E-state index contributed by atoms with van der Waals surface area (Å²) in [4.78, 5) is 22.9. The molecule has 0 unspecified atom stereocenters. The molecule has 0 fully saturated rings. The van der Waals surface area contributed by atoms with Crippen LogP contribution in [0.4, 0.5) is 0 Å². The lowest BCUT2D eigenvalue weighted by Gasteiger charge is -2.07. The summed E-state index contributed by atoms with van der Waals surface area (Å²) in [6.45, 7) is 0. The average molecular weight is 271 g/mol. The smallest absolute Gasteiger partial charge is 0.305 e. The quantitative estimate of drug-likeness (QED) is 0.589. The van der Waals surface area contributed by atoms with Crippen LogP contribution in [-0.4, -0.2) is 26.0 Å². The van der Waals surface area contributed by atoms with Gasteiger partial charge in [0.05, 0.1) is 19.8 Å². The lowest BCUT2D eigenvalue weighted by atomic mass is 10.0. The summed E-state index contributed by atoms with van der Waals surface area (Å²) in [6.07, 6.45) is 0.929. The van der Waals surface area contributed by atoms with Crippen LogP contribution >= 0.6 is 11.6 Å². The molecule has 4 nitrogen and oxygen atoms in total. The summed E-state index contributed by atoms with van der Waals surface area (Å²) in [6, 6.07) is 4.88. The Morgan fingerprint density at radius 1 is 1.22 bits per heavy atom. The van der Waals surface area contributed by atoms with Crippen molar-refractivity contribution >= 4 is 23.4 Å². The minimum atomic E-state index is -0.319. The van der Waals surface area contributed by atoms with Crippen LogP contribution in [0.3, 0.4) is 0 Å². The highest BCUT2D eigenvalue weighted by molar-refractivity contribution is 6.31. The van der Waals surface area contributed by atoms with Crippen molar-refractivity contribution in [3.8, 4) is 5.75 Å². The van der Waals surface area contributed by atoms with Crippen molar-refractivity contribution in [2.24, 2.45) is 0 Å². The molecule has 0 amide bonds. The van der Waals surface area contributed by atoms with Gasteiger partial charge >= 0.3 is 5.97 Å². The Morgan fingerprint density at radius 2 is 1.94 bits per heavy atom. The Kier molecular flexibility index (Phi) is 5.65. The molecule has 0 radical (unpaired) electrons. The van der Waals surface area contributed by atoms with Gasteiger partial charge in [-0.15, -0.1) is 0 Å². The number of esters is 1. The van der Waals surface area contributed by atoms with Crippen molar-refractivity contribution < 1.29 is 19.1 Å². The van der Waals surface area contributed by atoms with E-state index in [4.69, 9.17) is 16.3 Å². The number of methoxy groups -OCH3 is 2. The molecule has 1 aromatic carbocycles. The highest BCUT2D eigenvalue weighted by Gasteiger charge is 2.13. The van der Waals surface area contributed by atoms with E-state index in [1.54, 1.807) is 18.2 Å². The normalized spacial score (nSPS) is 9.94. The van der Waals surface area contributed by atoms with Crippen LogP contribution in [0.15, 0.2) is 18.2 Å². The first kappa shape index (κ1) is 14.5. The number of carbonyl (C=O) groups is 2. The maximum absolute atomic E-state index is 12.0. The maximum atomic E-state index is 12.0. The Balaban J connectivity index is 2.66. The summed E-state index contributed by atoms with van der Waals surface area (Å²) < 4.78 is 9.60. The predicted octanol–water partition coefficient (Wildman–Crippen LogP) is 2.87. The lowest BCUT2D eigenvalue weighted by molar-refractivity contribution is -0.140. The van der Waals surface area contributed by atoms with Gasteiger partial charge in [0, 0.05) is 17.9 Å². The predicted molar refractivity (Wildman–Crippen MR) is 68.2 cm³/mol. The third kappa shape index (κ3) is 4.04. The fourth-order valence-corrected chi connectivity index (χ4v) is 1.70. The number of hydrogen-bond donors (Lipinski definition) is 0. The Bertz CT molecular complexity index is 443. The molecule has 0 spiro atoms. The third-order valence-electron chi connectivity index (χ3n) is 2.47. The zero-order chi connectivity index (χ0) is 13.5. The molecule has 5 heteroatoms. The standard InChI is InChI=1S/C13H15ClO4/c1-17-12-7-6-9(14)8-10(12)11(15)4-3-5-13(16)18-2/h6-8H,3-5H2,1-2H3. The van der Waals surface area contributed by atoms with E-state index in [0.29, 0.717) is 22.8 Å². The van der Waals surface area contributed by atoms with Gasteiger partial charge in [0.25, 0.3) is 0 Å². The highest BCUT2D eigenvalue weighted by Crippen LogP contribution is 2.24. The summed E-state index contributed by atoms with van der Waals surface area (Å²) in [5, 5.41) is 0.479. The molecule has 0 aliphatic carbocycles. The van der Waals surface area contributed by atoms with Crippen LogP contribution < -0.4 is 4.74 Å². The molecule has 0 N–H and O–H groups in total. The Hall–Kier alpha value is -1.55. The van der Waals surface area contributed by atoms with Crippen LogP contribution in [0.2, 0.25) is 5.02 Å². The fourth-order valence-electron chi connectivity index (χ4n) is 1.53.